The zero-order chi connectivity index (χ0) is 16.0. The zero-order valence-electron chi connectivity index (χ0n) is 12.7. The van der Waals surface area contributed by atoms with Crippen LogP contribution >= 0.6 is 0 Å². The minimum Gasteiger partial charge on any atom is -0.352 e. The highest BCUT2D eigenvalue weighted by atomic mass is 32.2. The van der Waals surface area contributed by atoms with Gasteiger partial charge in [-0.3, -0.25) is 4.79 Å². The average Bonchev–Trinajstić information content (AvgIpc) is 2.48. The molecule has 1 aliphatic carbocycles. The van der Waals surface area contributed by atoms with Crippen molar-refractivity contribution < 1.29 is 13.2 Å². The molecule has 0 spiro atoms. The van der Waals surface area contributed by atoms with Crippen molar-refractivity contribution >= 4 is 16.1 Å². The molecular weight excluding hydrogens is 302 g/mol. The van der Waals surface area contributed by atoms with E-state index in [-0.39, 0.29) is 24.5 Å². The van der Waals surface area contributed by atoms with E-state index >= 15 is 0 Å². The van der Waals surface area contributed by atoms with Gasteiger partial charge in [-0.25, -0.2) is 0 Å². The monoisotopic (exact) mass is 325 g/mol. The highest BCUT2D eigenvalue weighted by molar-refractivity contribution is 7.87. The van der Waals surface area contributed by atoms with Crippen LogP contribution in [-0.2, 0) is 21.5 Å². The minimum atomic E-state index is -3.60. The van der Waals surface area contributed by atoms with Crippen molar-refractivity contribution in [2.75, 3.05) is 0 Å². The summed E-state index contributed by atoms with van der Waals surface area (Å²) in [5.41, 5.74) is 0.898. The lowest BCUT2D eigenvalue weighted by atomic mass is 9.91. The molecule has 1 aliphatic rings. The second-order valence-corrected chi connectivity index (χ2v) is 7.16. The minimum absolute atomic E-state index is 0.131. The molecule has 122 valence electrons. The van der Waals surface area contributed by atoms with Crippen molar-refractivity contribution in [3.05, 3.63) is 35.9 Å². The third-order valence-corrected chi connectivity index (χ3v) is 4.91. The molecule has 0 unspecified atom stereocenters. The van der Waals surface area contributed by atoms with Crippen molar-refractivity contribution in [2.24, 2.45) is 0 Å². The quantitative estimate of drug-likeness (QED) is 0.731. The van der Waals surface area contributed by atoms with Crippen LogP contribution in [0.15, 0.2) is 30.3 Å². The molecular formula is C15H23N3O3S. The number of amides is 1. The molecule has 1 fully saturated rings. The van der Waals surface area contributed by atoms with E-state index < -0.39 is 10.2 Å². The van der Waals surface area contributed by atoms with E-state index in [1.54, 1.807) is 0 Å². The molecule has 2 atom stereocenters. The van der Waals surface area contributed by atoms with Crippen LogP contribution in [0, 0.1) is 0 Å². The fourth-order valence-electron chi connectivity index (χ4n) is 2.72. The van der Waals surface area contributed by atoms with Crippen molar-refractivity contribution in [1.29, 1.82) is 0 Å². The molecule has 2 rings (SSSR count). The molecule has 1 aromatic rings. The van der Waals surface area contributed by atoms with Gasteiger partial charge in [0, 0.05) is 25.6 Å². The van der Waals surface area contributed by atoms with E-state index in [2.05, 4.69) is 14.8 Å². The third kappa shape index (κ3) is 5.40. The van der Waals surface area contributed by atoms with Gasteiger partial charge < -0.3 is 5.32 Å². The zero-order valence-corrected chi connectivity index (χ0v) is 13.5. The Kier molecular flexibility index (Phi) is 5.93. The van der Waals surface area contributed by atoms with Crippen molar-refractivity contribution in [3.8, 4) is 0 Å². The molecule has 0 saturated heterocycles. The third-order valence-electron chi connectivity index (χ3n) is 3.77. The number of nitrogens with one attached hydrogen (secondary N) is 3. The largest absolute Gasteiger partial charge is 0.352 e. The van der Waals surface area contributed by atoms with E-state index in [4.69, 9.17) is 0 Å². The normalized spacial score (nSPS) is 22.2. The van der Waals surface area contributed by atoms with Gasteiger partial charge in [0.15, 0.2) is 0 Å². The number of rotatable bonds is 6. The topological polar surface area (TPSA) is 87.3 Å². The van der Waals surface area contributed by atoms with Gasteiger partial charge in [0.1, 0.15) is 0 Å². The molecule has 0 radical (unpaired) electrons. The highest BCUT2D eigenvalue weighted by Gasteiger charge is 2.29. The van der Waals surface area contributed by atoms with Gasteiger partial charge in [-0.1, -0.05) is 43.2 Å². The second-order valence-electron chi connectivity index (χ2n) is 5.63. The Morgan fingerprint density at radius 3 is 2.41 bits per heavy atom. The van der Waals surface area contributed by atoms with Crippen LogP contribution in [0.1, 0.15) is 38.2 Å². The van der Waals surface area contributed by atoms with Gasteiger partial charge in [0.05, 0.1) is 0 Å². The Labute approximate surface area is 131 Å². The molecule has 0 aliphatic heterocycles. The van der Waals surface area contributed by atoms with E-state index in [1.165, 1.54) is 6.92 Å². The lowest BCUT2D eigenvalue weighted by Gasteiger charge is -2.32. The van der Waals surface area contributed by atoms with Crippen LogP contribution in [0.25, 0.3) is 0 Å². The Hall–Kier alpha value is -1.44. The summed E-state index contributed by atoms with van der Waals surface area (Å²) in [6, 6.07) is 8.95. The van der Waals surface area contributed by atoms with E-state index in [0.717, 1.165) is 31.2 Å². The lowest BCUT2D eigenvalue weighted by molar-refractivity contribution is -0.120. The van der Waals surface area contributed by atoms with Gasteiger partial charge in [-0.15, -0.1) is 0 Å². The summed E-state index contributed by atoms with van der Waals surface area (Å²) in [5, 5.41) is 2.83. The molecule has 1 saturated carbocycles. The Morgan fingerprint density at radius 1 is 1.14 bits per heavy atom. The molecule has 1 amide bonds. The Morgan fingerprint density at radius 2 is 1.77 bits per heavy atom. The maximum absolute atomic E-state index is 12.2. The average molecular weight is 325 g/mol. The predicted molar refractivity (Wildman–Crippen MR) is 85.2 cm³/mol. The Bertz CT molecular complexity index is 589. The predicted octanol–water partition coefficient (Wildman–Crippen LogP) is 1.06. The number of hydrogen-bond acceptors (Lipinski definition) is 3. The lowest BCUT2D eigenvalue weighted by Crippen LogP contribution is -2.54. The maximum Gasteiger partial charge on any atom is 0.277 e. The van der Waals surface area contributed by atoms with Crippen LogP contribution < -0.4 is 14.8 Å². The fourth-order valence-corrected chi connectivity index (χ4v) is 3.84. The summed E-state index contributed by atoms with van der Waals surface area (Å²) in [6.45, 7) is 1.70. The number of benzene rings is 1. The first-order valence-corrected chi connectivity index (χ1v) is 9.02. The van der Waals surface area contributed by atoms with Crippen LogP contribution in [0.4, 0.5) is 0 Å². The van der Waals surface area contributed by atoms with Gasteiger partial charge in [-0.05, 0) is 18.4 Å². The van der Waals surface area contributed by atoms with Crippen molar-refractivity contribution in [2.45, 2.75) is 51.2 Å². The van der Waals surface area contributed by atoms with Crippen molar-refractivity contribution in [3.63, 3.8) is 0 Å². The number of hydrogen-bond donors (Lipinski definition) is 3. The summed E-state index contributed by atoms with van der Waals surface area (Å²) < 4.78 is 29.5. The first-order valence-electron chi connectivity index (χ1n) is 7.54. The smallest absolute Gasteiger partial charge is 0.277 e. The first-order chi connectivity index (χ1) is 10.5. The Balaban J connectivity index is 1.92. The molecule has 0 heterocycles. The fraction of sp³-hybridized carbons (Fsp3) is 0.533. The molecule has 6 nitrogen and oxygen atoms in total. The SMILES string of the molecule is CC(=O)N[C@@H]1CCCC[C@H]1NS(=O)(=O)NCc1ccccc1. The molecule has 1 aromatic carbocycles. The maximum atomic E-state index is 12.2. The summed E-state index contributed by atoms with van der Waals surface area (Å²) in [5.74, 6) is -0.131. The molecule has 0 aromatic heterocycles. The highest BCUT2D eigenvalue weighted by Crippen LogP contribution is 2.19. The summed E-state index contributed by atoms with van der Waals surface area (Å²) >= 11 is 0. The van der Waals surface area contributed by atoms with E-state index in [1.807, 2.05) is 30.3 Å². The molecule has 0 bridgehead atoms. The molecule has 22 heavy (non-hydrogen) atoms. The number of carbonyl (C=O) groups excluding carboxylic acids is 1. The summed E-state index contributed by atoms with van der Waals surface area (Å²) in [6.07, 6.45) is 3.49. The van der Waals surface area contributed by atoms with Gasteiger partial charge in [-0.2, -0.15) is 17.9 Å². The summed E-state index contributed by atoms with van der Waals surface area (Å²) in [7, 11) is -3.60. The molecule has 3 N–H and O–H groups in total. The van der Waals surface area contributed by atoms with E-state index in [0.29, 0.717) is 0 Å². The number of carbonyl (C=O) groups is 1. The van der Waals surface area contributed by atoms with Gasteiger partial charge in [0.25, 0.3) is 10.2 Å². The first kappa shape index (κ1) is 16.9. The summed E-state index contributed by atoms with van der Waals surface area (Å²) in [4.78, 5) is 11.2. The van der Waals surface area contributed by atoms with Crippen LogP contribution in [0.3, 0.4) is 0 Å². The van der Waals surface area contributed by atoms with Gasteiger partial charge >= 0.3 is 0 Å². The van der Waals surface area contributed by atoms with Crippen LogP contribution in [-0.4, -0.2) is 26.4 Å². The van der Waals surface area contributed by atoms with Gasteiger partial charge in [0.2, 0.25) is 5.91 Å². The van der Waals surface area contributed by atoms with Crippen molar-refractivity contribution in [1.82, 2.24) is 14.8 Å². The second kappa shape index (κ2) is 7.71. The van der Waals surface area contributed by atoms with Crippen LogP contribution in [0.2, 0.25) is 0 Å². The van der Waals surface area contributed by atoms with Crippen LogP contribution in [0.5, 0.6) is 0 Å². The standard InChI is InChI=1S/C15H23N3O3S/c1-12(19)17-14-9-5-6-10-15(14)18-22(20,21)16-11-13-7-3-2-4-8-13/h2-4,7-8,14-16,18H,5-6,9-11H2,1H3,(H,17,19)/t14-,15-/m1/s1. The molecule has 7 heteroatoms. The van der Waals surface area contributed by atoms with E-state index in [9.17, 15) is 13.2 Å².